The van der Waals surface area contributed by atoms with Crippen LogP contribution in [0.4, 0.5) is 0 Å². The molecule has 1 N–H and O–H groups in total. The highest BCUT2D eigenvalue weighted by Gasteiger charge is 2.50. The summed E-state index contributed by atoms with van der Waals surface area (Å²) in [5.74, 6) is 0.286. The molecule has 0 amide bonds. The SMILES string of the molecule is CC1(C)C(=O)CC[C@@]1(C)CO. The third kappa shape index (κ3) is 1.00. The van der Waals surface area contributed by atoms with Crippen molar-refractivity contribution in [2.75, 3.05) is 6.61 Å². The van der Waals surface area contributed by atoms with Crippen LogP contribution in [0.3, 0.4) is 0 Å². The molecule has 1 aliphatic carbocycles. The Labute approximate surface area is 67.6 Å². The molecule has 11 heavy (non-hydrogen) atoms. The van der Waals surface area contributed by atoms with Gasteiger partial charge in [-0.3, -0.25) is 4.79 Å². The first-order chi connectivity index (χ1) is 4.94. The van der Waals surface area contributed by atoms with E-state index < -0.39 is 0 Å². The minimum absolute atomic E-state index is 0.117. The van der Waals surface area contributed by atoms with Gasteiger partial charge >= 0.3 is 0 Å². The number of ketones is 1. The summed E-state index contributed by atoms with van der Waals surface area (Å²) in [4.78, 5) is 11.4. The van der Waals surface area contributed by atoms with Crippen molar-refractivity contribution in [3.63, 3.8) is 0 Å². The van der Waals surface area contributed by atoms with Crippen molar-refractivity contribution in [3.05, 3.63) is 0 Å². The molecule has 64 valence electrons. The minimum atomic E-state index is -0.332. The fourth-order valence-corrected chi connectivity index (χ4v) is 1.63. The van der Waals surface area contributed by atoms with Crippen molar-refractivity contribution >= 4 is 5.78 Å². The van der Waals surface area contributed by atoms with Crippen LogP contribution in [-0.4, -0.2) is 17.5 Å². The predicted molar refractivity (Wildman–Crippen MR) is 43.2 cm³/mol. The average molecular weight is 156 g/mol. The Hall–Kier alpha value is -0.370. The lowest BCUT2D eigenvalue weighted by molar-refractivity contribution is -0.128. The van der Waals surface area contributed by atoms with Crippen LogP contribution in [0.2, 0.25) is 0 Å². The van der Waals surface area contributed by atoms with E-state index in [2.05, 4.69) is 0 Å². The molecule has 1 saturated carbocycles. The van der Waals surface area contributed by atoms with E-state index in [-0.39, 0.29) is 23.2 Å². The molecule has 1 aliphatic rings. The van der Waals surface area contributed by atoms with E-state index in [0.29, 0.717) is 6.42 Å². The summed E-state index contributed by atoms with van der Waals surface area (Å²) in [7, 11) is 0. The number of aliphatic hydroxyl groups is 1. The lowest BCUT2D eigenvalue weighted by atomic mass is 9.69. The molecule has 0 aliphatic heterocycles. The van der Waals surface area contributed by atoms with Crippen molar-refractivity contribution in [3.8, 4) is 0 Å². The molecule has 0 radical (unpaired) electrons. The quantitative estimate of drug-likeness (QED) is 0.622. The van der Waals surface area contributed by atoms with Gasteiger partial charge in [-0.25, -0.2) is 0 Å². The van der Waals surface area contributed by atoms with Crippen LogP contribution in [0, 0.1) is 10.8 Å². The van der Waals surface area contributed by atoms with Gasteiger partial charge in [0.15, 0.2) is 0 Å². The Kier molecular flexibility index (Phi) is 1.83. The Morgan fingerprint density at radius 2 is 2.00 bits per heavy atom. The molecular formula is C9H16O2. The van der Waals surface area contributed by atoms with Gasteiger partial charge < -0.3 is 5.11 Å². The summed E-state index contributed by atoms with van der Waals surface area (Å²) in [5, 5.41) is 9.13. The van der Waals surface area contributed by atoms with E-state index >= 15 is 0 Å². The number of rotatable bonds is 1. The first-order valence-electron chi connectivity index (χ1n) is 4.08. The molecular weight excluding hydrogens is 140 g/mol. The molecule has 0 heterocycles. The maximum Gasteiger partial charge on any atom is 0.139 e. The molecule has 1 atom stereocenters. The Bertz CT molecular complexity index is 184. The van der Waals surface area contributed by atoms with Crippen molar-refractivity contribution in [2.45, 2.75) is 33.6 Å². The maximum atomic E-state index is 11.4. The van der Waals surface area contributed by atoms with Gasteiger partial charge in [0, 0.05) is 23.9 Å². The molecule has 0 aromatic rings. The van der Waals surface area contributed by atoms with Gasteiger partial charge in [-0.15, -0.1) is 0 Å². The van der Waals surface area contributed by atoms with Gasteiger partial charge in [0.2, 0.25) is 0 Å². The van der Waals surface area contributed by atoms with Crippen LogP contribution >= 0.6 is 0 Å². The molecule has 2 heteroatoms. The number of hydrogen-bond donors (Lipinski definition) is 1. The highest BCUT2D eigenvalue weighted by atomic mass is 16.3. The van der Waals surface area contributed by atoms with Crippen molar-refractivity contribution in [1.82, 2.24) is 0 Å². The zero-order chi connectivity index (χ0) is 8.70. The second-order valence-corrected chi connectivity index (χ2v) is 4.27. The molecule has 0 aromatic carbocycles. The zero-order valence-corrected chi connectivity index (χ0v) is 7.48. The third-order valence-corrected chi connectivity index (χ3v) is 3.46. The molecule has 0 unspecified atom stereocenters. The van der Waals surface area contributed by atoms with Gasteiger partial charge in [0.05, 0.1) is 0 Å². The largest absolute Gasteiger partial charge is 0.396 e. The van der Waals surface area contributed by atoms with E-state index in [0.717, 1.165) is 6.42 Å². The lowest BCUT2D eigenvalue weighted by Crippen LogP contribution is -2.37. The highest BCUT2D eigenvalue weighted by molar-refractivity contribution is 5.87. The molecule has 0 saturated heterocycles. The Balaban J connectivity index is 2.95. The second-order valence-electron chi connectivity index (χ2n) is 4.27. The van der Waals surface area contributed by atoms with Gasteiger partial charge in [-0.1, -0.05) is 20.8 Å². The van der Waals surface area contributed by atoms with Gasteiger partial charge in [0.1, 0.15) is 5.78 Å². The summed E-state index contributed by atoms with van der Waals surface area (Å²) in [6.45, 7) is 5.96. The zero-order valence-electron chi connectivity index (χ0n) is 7.48. The normalized spacial score (nSPS) is 36.2. The Morgan fingerprint density at radius 3 is 2.18 bits per heavy atom. The monoisotopic (exact) mass is 156 g/mol. The topological polar surface area (TPSA) is 37.3 Å². The summed E-state index contributed by atoms with van der Waals surface area (Å²) < 4.78 is 0. The molecule has 0 spiro atoms. The fourth-order valence-electron chi connectivity index (χ4n) is 1.63. The second kappa shape index (κ2) is 2.31. The van der Waals surface area contributed by atoms with Crippen LogP contribution in [0.25, 0.3) is 0 Å². The van der Waals surface area contributed by atoms with E-state index in [4.69, 9.17) is 5.11 Å². The van der Waals surface area contributed by atoms with Gasteiger partial charge in [0.25, 0.3) is 0 Å². The first kappa shape index (κ1) is 8.72. The van der Waals surface area contributed by atoms with Gasteiger partial charge in [-0.05, 0) is 6.42 Å². The number of carbonyl (C=O) groups excluding carboxylic acids is 1. The number of Topliss-reactive ketones (excluding diaryl/α,β-unsaturated/α-hetero) is 1. The number of hydrogen-bond acceptors (Lipinski definition) is 2. The number of carbonyl (C=O) groups is 1. The standard InChI is InChI=1S/C9H16O2/c1-8(2)7(11)4-5-9(8,3)6-10/h10H,4-6H2,1-3H3/t9-/m0/s1. The molecule has 2 nitrogen and oxygen atoms in total. The summed E-state index contributed by atoms with van der Waals surface area (Å²) >= 11 is 0. The van der Waals surface area contributed by atoms with Crippen LogP contribution in [-0.2, 0) is 4.79 Å². The smallest absolute Gasteiger partial charge is 0.139 e. The van der Waals surface area contributed by atoms with Crippen molar-refractivity contribution < 1.29 is 9.90 Å². The minimum Gasteiger partial charge on any atom is -0.396 e. The van der Waals surface area contributed by atoms with E-state index in [1.807, 2.05) is 20.8 Å². The molecule has 0 bridgehead atoms. The van der Waals surface area contributed by atoms with E-state index in [1.165, 1.54) is 0 Å². The predicted octanol–water partition coefficient (Wildman–Crippen LogP) is 1.37. The van der Waals surface area contributed by atoms with E-state index in [1.54, 1.807) is 0 Å². The third-order valence-electron chi connectivity index (χ3n) is 3.46. The van der Waals surface area contributed by atoms with Crippen LogP contribution in [0.1, 0.15) is 33.6 Å². The van der Waals surface area contributed by atoms with Crippen molar-refractivity contribution in [2.24, 2.45) is 10.8 Å². The average Bonchev–Trinajstić information content (AvgIpc) is 2.15. The lowest BCUT2D eigenvalue weighted by Gasteiger charge is -2.34. The van der Waals surface area contributed by atoms with Crippen molar-refractivity contribution in [1.29, 1.82) is 0 Å². The van der Waals surface area contributed by atoms with Crippen LogP contribution in [0.15, 0.2) is 0 Å². The van der Waals surface area contributed by atoms with Gasteiger partial charge in [-0.2, -0.15) is 0 Å². The fraction of sp³-hybridized carbons (Fsp3) is 0.889. The molecule has 0 aromatic heterocycles. The molecule has 1 fully saturated rings. The summed E-state index contributed by atoms with van der Waals surface area (Å²) in [6, 6.07) is 0. The summed E-state index contributed by atoms with van der Waals surface area (Å²) in [5.41, 5.74) is -0.522. The van der Waals surface area contributed by atoms with Crippen LogP contribution < -0.4 is 0 Å². The maximum absolute atomic E-state index is 11.4. The highest BCUT2D eigenvalue weighted by Crippen LogP contribution is 2.49. The number of aliphatic hydroxyl groups excluding tert-OH is 1. The van der Waals surface area contributed by atoms with E-state index in [9.17, 15) is 4.79 Å². The summed E-state index contributed by atoms with van der Waals surface area (Å²) in [6.07, 6.45) is 1.46. The molecule has 1 rings (SSSR count). The first-order valence-corrected chi connectivity index (χ1v) is 4.08. The Morgan fingerprint density at radius 1 is 1.45 bits per heavy atom. The van der Waals surface area contributed by atoms with Crippen LogP contribution in [0.5, 0.6) is 0 Å².